The van der Waals surface area contributed by atoms with Crippen LogP contribution in [0, 0.1) is 0 Å². The number of hydrogen-bond acceptors (Lipinski definition) is 6. The quantitative estimate of drug-likeness (QED) is 0.474. The zero-order chi connectivity index (χ0) is 23.8. The van der Waals surface area contributed by atoms with Gasteiger partial charge in [0.15, 0.2) is 12.4 Å². The van der Waals surface area contributed by atoms with Gasteiger partial charge in [-0.3, -0.25) is 0 Å². The fourth-order valence-electron chi connectivity index (χ4n) is 3.87. The minimum absolute atomic E-state index is 0.158. The lowest BCUT2D eigenvalue weighted by Crippen LogP contribution is -2.62. The van der Waals surface area contributed by atoms with E-state index in [-0.39, 0.29) is 19.8 Å². The lowest BCUT2D eigenvalue weighted by atomic mass is 9.97. The molecule has 0 radical (unpaired) electrons. The monoisotopic (exact) mass is 464 g/mol. The van der Waals surface area contributed by atoms with Crippen LogP contribution < -0.4 is 0 Å². The van der Waals surface area contributed by atoms with Gasteiger partial charge in [0.2, 0.25) is 0 Å². The molecule has 1 fully saturated rings. The van der Waals surface area contributed by atoms with Gasteiger partial charge in [0.1, 0.15) is 18.3 Å². The maximum atomic E-state index is 12.0. The smallest absolute Gasteiger partial charge is 0.335 e. The normalized spacial score (nSPS) is 24.6. The number of rotatable bonds is 10. The van der Waals surface area contributed by atoms with E-state index in [0.29, 0.717) is 0 Å². The van der Waals surface area contributed by atoms with Crippen LogP contribution in [-0.4, -0.2) is 46.9 Å². The molecule has 1 heterocycles. The molecule has 7 nitrogen and oxygen atoms in total. The molecule has 4 rings (SSSR count). The van der Waals surface area contributed by atoms with Gasteiger partial charge in [-0.15, -0.1) is 0 Å². The predicted molar refractivity (Wildman–Crippen MR) is 124 cm³/mol. The maximum Gasteiger partial charge on any atom is 0.335 e. The average molecular weight is 465 g/mol. The molecule has 0 unspecified atom stereocenters. The molecule has 0 amide bonds. The summed E-state index contributed by atoms with van der Waals surface area (Å²) in [5.74, 6) is -1.24. The minimum atomic E-state index is -1.50. The molecule has 5 atom stereocenters. The van der Waals surface area contributed by atoms with Crippen molar-refractivity contribution in [1.82, 2.24) is 0 Å². The highest BCUT2D eigenvalue weighted by atomic mass is 16.7. The second-order valence-corrected chi connectivity index (χ2v) is 8.07. The van der Waals surface area contributed by atoms with Crippen molar-refractivity contribution in [2.24, 2.45) is 0 Å². The highest BCUT2D eigenvalue weighted by Gasteiger charge is 2.50. The van der Waals surface area contributed by atoms with Gasteiger partial charge in [-0.1, -0.05) is 91.0 Å². The summed E-state index contributed by atoms with van der Waals surface area (Å²) in [5.41, 5.74) is 2.68. The fourth-order valence-corrected chi connectivity index (χ4v) is 3.87. The number of aliphatic carboxylic acids is 1. The third-order valence-corrected chi connectivity index (χ3v) is 5.61. The second-order valence-electron chi connectivity index (χ2n) is 8.07. The zero-order valence-corrected chi connectivity index (χ0v) is 18.6. The summed E-state index contributed by atoms with van der Waals surface area (Å²) in [4.78, 5) is 12.0. The van der Waals surface area contributed by atoms with E-state index < -0.39 is 36.7 Å². The SMILES string of the molecule is O=C(O)[C@H]1O[C@@H](O)[C@H](OCc2ccccc2)[C@@H](OCc2ccccc2)[C@@H]1OCc1ccccc1. The van der Waals surface area contributed by atoms with E-state index in [2.05, 4.69) is 0 Å². The number of hydrogen-bond donors (Lipinski definition) is 2. The minimum Gasteiger partial charge on any atom is -0.479 e. The standard InChI is InChI=1S/C27H28O7/c28-26(29)24-22(31-16-19-10-4-1-5-11-19)23(32-17-20-12-6-2-7-13-20)25(27(30)34-24)33-18-21-14-8-3-9-15-21/h1-15,22-25,27,30H,16-18H2,(H,28,29)/t22-,23-,24-,25+,27+/m0/s1. The Morgan fingerprint density at radius 2 is 1.03 bits per heavy atom. The van der Waals surface area contributed by atoms with Crippen LogP contribution in [0.4, 0.5) is 0 Å². The summed E-state index contributed by atoms with van der Waals surface area (Å²) < 4.78 is 23.7. The Labute approximate surface area is 198 Å². The number of carbonyl (C=O) groups is 1. The van der Waals surface area contributed by atoms with Crippen molar-refractivity contribution in [2.45, 2.75) is 50.5 Å². The van der Waals surface area contributed by atoms with Gasteiger partial charge in [0.25, 0.3) is 0 Å². The van der Waals surface area contributed by atoms with Crippen LogP contribution in [0.3, 0.4) is 0 Å². The molecule has 0 saturated carbocycles. The molecule has 0 spiro atoms. The van der Waals surface area contributed by atoms with Crippen LogP contribution in [0.25, 0.3) is 0 Å². The molecular formula is C27H28O7. The largest absolute Gasteiger partial charge is 0.479 e. The summed E-state index contributed by atoms with van der Waals surface area (Å²) >= 11 is 0. The van der Waals surface area contributed by atoms with Crippen molar-refractivity contribution in [3.63, 3.8) is 0 Å². The highest BCUT2D eigenvalue weighted by molar-refractivity contribution is 5.73. The summed E-state index contributed by atoms with van der Waals surface area (Å²) in [6.07, 6.45) is -5.78. The van der Waals surface area contributed by atoms with Crippen LogP contribution in [0.5, 0.6) is 0 Å². The molecule has 3 aromatic rings. The van der Waals surface area contributed by atoms with Crippen LogP contribution >= 0.6 is 0 Å². The Balaban J connectivity index is 1.57. The molecule has 1 aliphatic rings. The molecule has 1 saturated heterocycles. The molecule has 0 aromatic heterocycles. The van der Waals surface area contributed by atoms with E-state index in [4.69, 9.17) is 18.9 Å². The fraction of sp³-hybridized carbons (Fsp3) is 0.296. The predicted octanol–water partition coefficient (Wildman–Crippen LogP) is 3.54. The lowest BCUT2D eigenvalue weighted by molar-refractivity contribution is -0.308. The van der Waals surface area contributed by atoms with Crippen LogP contribution in [0.2, 0.25) is 0 Å². The third kappa shape index (κ3) is 6.28. The number of carboxylic acid groups (broad SMARTS) is 1. The van der Waals surface area contributed by atoms with Gasteiger partial charge >= 0.3 is 5.97 Å². The summed E-state index contributed by atoms with van der Waals surface area (Å²) in [6.45, 7) is 0.548. The van der Waals surface area contributed by atoms with Gasteiger partial charge in [-0.25, -0.2) is 4.79 Å². The van der Waals surface area contributed by atoms with Crippen LogP contribution in [-0.2, 0) is 43.6 Å². The number of aliphatic hydroxyl groups excluding tert-OH is 1. The Morgan fingerprint density at radius 3 is 1.44 bits per heavy atom. The van der Waals surface area contributed by atoms with Crippen molar-refractivity contribution in [3.8, 4) is 0 Å². The van der Waals surface area contributed by atoms with Gasteiger partial charge in [0.05, 0.1) is 19.8 Å². The number of benzene rings is 3. The van der Waals surface area contributed by atoms with Crippen molar-refractivity contribution < 1.29 is 34.0 Å². The Morgan fingerprint density at radius 1 is 0.647 bits per heavy atom. The highest BCUT2D eigenvalue weighted by Crippen LogP contribution is 2.29. The zero-order valence-electron chi connectivity index (χ0n) is 18.6. The van der Waals surface area contributed by atoms with E-state index in [9.17, 15) is 15.0 Å². The first kappa shape index (κ1) is 24.1. The third-order valence-electron chi connectivity index (χ3n) is 5.61. The number of ether oxygens (including phenoxy) is 4. The molecule has 0 aliphatic carbocycles. The molecular weight excluding hydrogens is 436 g/mol. The summed E-state index contributed by atoms with van der Waals surface area (Å²) in [5, 5.41) is 20.5. The molecule has 178 valence electrons. The molecule has 34 heavy (non-hydrogen) atoms. The van der Waals surface area contributed by atoms with Gasteiger partial charge in [-0.05, 0) is 16.7 Å². The Hall–Kier alpha value is -3.07. The first-order valence-corrected chi connectivity index (χ1v) is 11.1. The van der Waals surface area contributed by atoms with Crippen LogP contribution in [0.15, 0.2) is 91.0 Å². The van der Waals surface area contributed by atoms with E-state index in [1.54, 1.807) is 0 Å². The molecule has 0 bridgehead atoms. The molecule has 2 N–H and O–H groups in total. The van der Waals surface area contributed by atoms with E-state index in [1.807, 2.05) is 91.0 Å². The first-order chi connectivity index (χ1) is 16.6. The van der Waals surface area contributed by atoms with Gasteiger partial charge in [-0.2, -0.15) is 0 Å². The van der Waals surface area contributed by atoms with Crippen molar-refractivity contribution in [1.29, 1.82) is 0 Å². The first-order valence-electron chi connectivity index (χ1n) is 11.1. The van der Waals surface area contributed by atoms with E-state index in [0.717, 1.165) is 16.7 Å². The van der Waals surface area contributed by atoms with Crippen LogP contribution in [0.1, 0.15) is 16.7 Å². The second kappa shape index (κ2) is 11.9. The van der Waals surface area contributed by atoms with Gasteiger partial charge in [0, 0.05) is 0 Å². The molecule has 7 heteroatoms. The molecule has 3 aromatic carbocycles. The summed E-state index contributed by atoms with van der Waals surface area (Å²) in [6, 6.07) is 28.4. The van der Waals surface area contributed by atoms with Crippen molar-refractivity contribution in [3.05, 3.63) is 108 Å². The Kier molecular flexibility index (Phi) is 8.41. The summed E-state index contributed by atoms with van der Waals surface area (Å²) in [7, 11) is 0. The lowest BCUT2D eigenvalue weighted by Gasteiger charge is -2.43. The average Bonchev–Trinajstić information content (AvgIpc) is 2.87. The van der Waals surface area contributed by atoms with Gasteiger partial charge < -0.3 is 29.2 Å². The van der Waals surface area contributed by atoms with E-state index in [1.165, 1.54) is 0 Å². The van der Waals surface area contributed by atoms with Crippen molar-refractivity contribution in [2.75, 3.05) is 0 Å². The van der Waals surface area contributed by atoms with E-state index >= 15 is 0 Å². The number of aliphatic hydroxyl groups is 1. The van der Waals surface area contributed by atoms with Crippen molar-refractivity contribution >= 4 is 5.97 Å². The Bertz CT molecular complexity index is 1010. The molecule has 1 aliphatic heterocycles. The number of carboxylic acids is 1. The topological polar surface area (TPSA) is 94.5 Å². The maximum absolute atomic E-state index is 12.0.